The first-order chi connectivity index (χ1) is 19.5. The Balaban J connectivity index is 1.40. The number of amides is 1. The number of benzene rings is 2. The summed E-state index contributed by atoms with van der Waals surface area (Å²) in [6, 6.07) is 20.5. The number of nitriles is 1. The minimum Gasteiger partial charge on any atom is -0.496 e. The molecule has 0 radical (unpaired) electrons. The van der Waals surface area contributed by atoms with E-state index in [9.17, 15) is 10.1 Å². The summed E-state index contributed by atoms with van der Waals surface area (Å²) in [6.45, 7) is 2.84. The van der Waals surface area contributed by atoms with Gasteiger partial charge in [-0.3, -0.25) is 15.1 Å². The summed E-state index contributed by atoms with van der Waals surface area (Å²) in [5.41, 5.74) is 5.14. The van der Waals surface area contributed by atoms with Crippen molar-refractivity contribution >= 4 is 32.7 Å². The van der Waals surface area contributed by atoms with Crippen molar-refractivity contribution in [3.63, 3.8) is 0 Å². The summed E-state index contributed by atoms with van der Waals surface area (Å²) in [7, 11) is 3.18. The van der Waals surface area contributed by atoms with Crippen molar-refractivity contribution in [3.8, 4) is 40.0 Å². The van der Waals surface area contributed by atoms with E-state index in [1.165, 1.54) is 17.5 Å². The second-order valence-corrected chi connectivity index (χ2v) is 9.74. The van der Waals surface area contributed by atoms with E-state index >= 15 is 0 Å². The summed E-state index contributed by atoms with van der Waals surface area (Å²) in [5.74, 6) is 0.923. The van der Waals surface area contributed by atoms with Gasteiger partial charge < -0.3 is 14.2 Å². The molecular weight excluding hydrogens is 526 g/mol. The number of carbonyl (C=O) groups excluding carboxylic acids is 1. The number of nitrogens with zero attached hydrogens (tertiary/aromatic N) is 4. The van der Waals surface area contributed by atoms with Gasteiger partial charge >= 0.3 is 0 Å². The largest absolute Gasteiger partial charge is 0.496 e. The van der Waals surface area contributed by atoms with Gasteiger partial charge in [0.25, 0.3) is 5.91 Å². The molecule has 40 heavy (non-hydrogen) atoms. The number of hydrogen-bond donors (Lipinski definition) is 1. The number of ether oxygens (including phenoxy) is 3. The first kappa shape index (κ1) is 26.7. The van der Waals surface area contributed by atoms with E-state index in [-0.39, 0.29) is 5.91 Å². The van der Waals surface area contributed by atoms with Crippen molar-refractivity contribution in [2.75, 3.05) is 32.8 Å². The Kier molecular flexibility index (Phi) is 7.96. The van der Waals surface area contributed by atoms with Crippen LogP contribution >= 0.6 is 11.3 Å². The van der Waals surface area contributed by atoms with E-state index in [4.69, 9.17) is 19.2 Å². The molecule has 9 nitrogen and oxygen atoms in total. The highest BCUT2D eigenvalue weighted by Crippen LogP contribution is 2.35. The third kappa shape index (κ3) is 5.76. The van der Waals surface area contributed by atoms with E-state index in [0.717, 1.165) is 22.7 Å². The van der Waals surface area contributed by atoms with Crippen LogP contribution in [0.2, 0.25) is 0 Å². The van der Waals surface area contributed by atoms with Gasteiger partial charge in [0, 0.05) is 35.7 Å². The molecule has 3 aromatic heterocycles. The molecule has 0 aliphatic carbocycles. The molecule has 0 atom stereocenters. The van der Waals surface area contributed by atoms with Gasteiger partial charge in [-0.25, -0.2) is 9.97 Å². The van der Waals surface area contributed by atoms with Crippen LogP contribution < -0.4 is 14.8 Å². The number of thiazole rings is 1. The normalized spacial score (nSPS) is 10.8. The van der Waals surface area contributed by atoms with E-state index in [0.29, 0.717) is 56.7 Å². The van der Waals surface area contributed by atoms with Crippen LogP contribution in [-0.2, 0) is 4.74 Å². The fourth-order valence-corrected chi connectivity index (χ4v) is 4.95. The van der Waals surface area contributed by atoms with Crippen molar-refractivity contribution in [1.29, 1.82) is 5.26 Å². The molecule has 200 valence electrons. The lowest BCUT2D eigenvalue weighted by Crippen LogP contribution is -2.14. The monoisotopic (exact) mass is 551 g/mol. The highest BCUT2D eigenvalue weighted by atomic mass is 32.1. The average molecular weight is 552 g/mol. The Hall–Kier alpha value is -4.85. The maximum Gasteiger partial charge on any atom is 0.259 e. The zero-order valence-electron chi connectivity index (χ0n) is 22.1. The molecule has 5 rings (SSSR count). The number of aromatic nitrogens is 3. The molecule has 0 saturated carbocycles. The maximum absolute atomic E-state index is 13.4. The fraction of sp³-hybridized carbons (Fsp3) is 0.167. The standard InChI is InChI=1S/C30H25N5O4S/c1-18-14-22(23-15-19(16-31)4-11-27(23)38-3)24(17-32-18)28(36)35-30-34-26-10-9-25(33-29(26)40-30)20-5-7-21(8-6-20)39-13-12-37-2/h4-11,14-15,17H,12-13H2,1-3H3,(H,34,35,36). The minimum atomic E-state index is -0.379. The van der Waals surface area contributed by atoms with Crippen LogP contribution in [0.15, 0.2) is 66.9 Å². The number of aryl methyl sites for hydroxylation is 1. The van der Waals surface area contributed by atoms with Crippen LogP contribution in [-0.4, -0.2) is 48.3 Å². The predicted octanol–water partition coefficient (Wildman–Crippen LogP) is 5.89. The van der Waals surface area contributed by atoms with Gasteiger partial charge in [-0.05, 0) is 67.6 Å². The zero-order chi connectivity index (χ0) is 28.1. The van der Waals surface area contributed by atoms with Crippen molar-refractivity contribution in [2.24, 2.45) is 0 Å². The Bertz CT molecular complexity index is 1730. The SMILES string of the molecule is COCCOc1ccc(-c2ccc3nc(NC(=O)c4cnc(C)cc4-c4cc(C#N)ccc4OC)sc3n2)cc1. The summed E-state index contributed by atoms with van der Waals surface area (Å²) in [6.07, 6.45) is 1.52. The summed E-state index contributed by atoms with van der Waals surface area (Å²) in [4.78, 5) is 27.8. The second kappa shape index (κ2) is 11.9. The predicted molar refractivity (Wildman–Crippen MR) is 154 cm³/mol. The molecule has 3 heterocycles. The van der Waals surface area contributed by atoms with Gasteiger partial charge in [-0.1, -0.05) is 11.3 Å². The van der Waals surface area contributed by atoms with Gasteiger partial charge in [0.15, 0.2) is 5.13 Å². The number of hydrogen-bond acceptors (Lipinski definition) is 9. The first-order valence-corrected chi connectivity index (χ1v) is 13.2. The molecule has 0 spiro atoms. The van der Waals surface area contributed by atoms with Gasteiger partial charge in [-0.2, -0.15) is 5.26 Å². The van der Waals surface area contributed by atoms with Crippen LogP contribution in [0.1, 0.15) is 21.6 Å². The van der Waals surface area contributed by atoms with Crippen LogP contribution in [0.3, 0.4) is 0 Å². The Morgan fingerprint density at radius 2 is 1.82 bits per heavy atom. The van der Waals surface area contributed by atoms with Gasteiger partial charge in [-0.15, -0.1) is 0 Å². The Morgan fingerprint density at radius 1 is 1.00 bits per heavy atom. The topological polar surface area (TPSA) is 119 Å². The lowest BCUT2D eigenvalue weighted by molar-refractivity contribution is 0.102. The molecule has 0 fully saturated rings. The van der Waals surface area contributed by atoms with Gasteiger partial charge in [0.05, 0.1) is 36.6 Å². The number of carbonyl (C=O) groups is 1. The molecule has 10 heteroatoms. The van der Waals surface area contributed by atoms with Gasteiger partial charge in [0.2, 0.25) is 0 Å². The summed E-state index contributed by atoms with van der Waals surface area (Å²) < 4.78 is 16.2. The van der Waals surface area contributed by atoms with Crippen LogP contribution in [0.5, 0.6) is 11.5 Å². The molecule has 1 amide bonds. The molecule has 1 N–H and O–H groups in total. The number of nitrogens with one attached hydrogen (secondary N) is 1. The third-order valence-corrected chi connectivity index (χ3v) is 6.97. The number of anilines is 1. The lowest BCUT2D eigenvalue weighted by Gasteiger charge is -2.13. The first-order valence-electron chi connectivity index (χ1n) is 12.4. The van der Waals surface area contributed by atoms with Crippen molar-refractivity contribution in [2.45, 2.75) is 6.92 Å². The van der Waals surface area contributed by atoms with E-state index in [2.05, 4.69) is 21.4 Å². The van der Waals surface area contributed by atoms with Crippen molar-refractivity contribution in [1.82, 2.24) is 15.0 Å². The molecule has 0 aliphatic heterocycles. The number of rotatable bonds is 9. The smallest absolute Gasteiger partial charge is 0.259 e. The summed E-state index contributed by atoms with van der Waals surface area (Å²) >= 11 is 1.28. The van der Waals surface area contributed by atoms with E-state index in [1.807, 2.05) is 43.3 Å². The molecular formula is C30H25N5O4S. The number of fused-ring (bicyclic) bond motifs is 1. The van der Waals surface area contributed by atoms with Crippen molar-refractivity contribution in [3.05, 3.63) is 83.7 Å². The molecule has 0 unspecified atom stereocenters. The molecule has 0 aliphatic rings. The minimum absolute atomic E-state index is 0.333. The number of pyridine rings is 2. The molecule has 0 saturated heterocycles. The highest BCUT2D eigenvalue weighted by Gasteiger charge is 2.19. The van der Waals surface area contributed by atoms with Crippen LogP contribution in [0.25, 0.3) is 32.7 Å². The third-order valence-electron chi connectivity index (χ3n) is 6.09. The van der Waals surface area contributed by atoms with E-state index < -0.39 is 0 Å². The van der Waals surface area contributed by atoms with Gasteiger partial charge in [0.1, 0.15) is 28.5 Å². The Labute approximate surface area is 235 Å². The molecule has 2 aromatic carbocycles. The second-order valence-electron chi connectivity index (χ2n) is 8.76. The molecule has 5 aromatic rings. The zero-order valence-corrected chi connectivity index (χ0v) is 22.9. The molecule has 0 bridgehead atoms. The van der Waals surface area contributed by atoms with Crippen LogP contribution in [0, 0.1) is 18.3 Å². The van der Waals surface area contributed by atoms with Crippen molar-refractivity contribution < 1.29 is 19.0 Å². The Morgan fingerprint density at radius 3 is 2.58 bits per heavy atom. The average Bonchev–Trinajstić information content (AvgIpc) is 3.38. The fourth-order valence-electron chi connectivity index (χ4n) is 4.11. The maximum atomic E-state index is 13.4. The quantitative estimate of drug-likeness (QED) is 0.225. The number of methoxy groups -OCH3 is 2. The lowest BCUT2D eigenvalue weighted by atomic mass is 9.97. The van der Waals surface area contributed by atoms with Crippen LogP contribution in [0.4, 0.5) is 5.13 Å². The summed E-state index contributed by atoms with van der Waals surface area (Å²) in [5, 5.41) is 12.7. The van der Waals surface area contributed by atoms with E-state index in [1.54, 1.807) is 38.5 Å². The highest BCUT2D eigenvalue weighted by molar-refractivity contribution is 7.22.